The van der Waals surface area contributed by atoms with Gasteiger partial charge in [0, 0.05) is 16.6 Å². The van der Waals surface area contributed by atoms with Crippen LogP contribution >= 0.6 is 11.8 Å². The Morgan fingerprint density at radius 1 is 1.06 bits per heavy atom. The Labute approximate surface area is 191 Å². The van der Waals surface area contributed by atoms with Gasteiger partial charge in [0.25, 0.3) is 0 Å². The standard InChI is InChI=1S/C24H29F3O4S/c1-4-6-18(14-30-20-9-7-19(8-10-20)24(25,26)27)16-32-21-11-12-22(17(3)13-21)31-15-23(28)29-5-2/h7-13,18H,4-6,14-16H2,1-3H3. The fourth-order valence-corrected chi connectivity index (χ4v) is 4.12. The average Bonchev–Trinajstić information content (AvgIpc) is 2.75. The van der Waals surface area contributed by atoms with Gasteiger partial charge in [0.1, 0.15) is 11.5 Å². The first kappa shape index (κ1) is 25.9. The summed E-state index contributed by atoms with van der Waals surface area (Å²) in [6.45, 7) is 6.39. The van der Waals surface area contributed by atoms with Gasteiger partial charge in [-0.25, -0.2) is 4.79 Å². The maximum absolute atomic E-state index is 12.7. The molecule has 2 aromatic rings. The molecule has 1 unspecified atom stereocenters. The number of halogens is 3. The molecule has 0 fully saturated rings. The molecule has 0 radical (unpaired) electrons. The van der Waals surface area contributed by atoms with E-state index in [2.05, 4.69) is 6.92 Å². The van der Waals surface area contributed by atoms with Crippen molar-refractivity contribution in [3.05, 3.63) is 53.6 Å². The van der Waals surface area contributed by atoms with E-state index < -0.39 is 17.7 Å². The monoisotopic (exact) mass is 470 g/mol. The number of aryl methyl sites for hydroxylation is 1. The summed E-state index contributed by atoms with van der Waals surface area (Å²) in [5.74, 6) is 1.74. The van der Waals surface area contributed by atoms with E-state index in [1.807, 2.05) is 25.1 Å². The van der Waals surface area contributed by atoms with Gasteiger partial charge in [-0.15, -0.1) is 11.8 Å². The molecule has 2 rings (SSSR count). The van der Waals surface area contributed by atoms with Gasteiger partial charge in [0.05, 0.1) is 18.8 Å². The lowest BCUT2D eigenvalue weighted by Crippen LogP contribution is -2.15. The summed E-state index contributed by atoms with van der Waals surface area (Å²) in [4.78, 5) is 12.5. The molecule has 0 saturated carbocycles. The van der Waals surface area contributed by atoms with Crippen molar-refractivity contribution in [3.63, 3.8) is 0 Å². The fraction of sp³-hybridized carbons (Fsp3) is 0.458. The second kappa shape index (κ2) is 12.6. The summed E-state index contributed by atoms with van der Waals surface area (Å²) < 4.78 is 54.2. The van der Waals surface area contributed by atoms with E-state index in [0.717, 1.165) is 41.2 Å². The first-order valence-corrected chi connectivity index (χ1v) is 11.5. The fourth-order valence-electron chi connectivity index (χ4n) is 3.00. The Balaban J connectivity index is 1.87. The van der Waals surface area contributed by atoms with Gasteiger partial charge in [-0.3, -0.25) is 0 Å². The number of hydrogen-bond donors (Lipinski definition) is 0. The molecule has 0 aliphatic carbocycles. The van der Waals surface area contributed by atoms with Crippen LogP contribution in [0, 0.1) is 12.8 Å². The third-order valence-corrected chi connectivity index (χ3v) is 5.87. The highest BCUT2D eigenvalue weighted by Gasteiger charge is 2.30. The number of rotatable bonds is 12. The predicted molar refractivity (Wildman–Crippen MR) is 119 cm³/mol. The minimum atomic E-state index is -4.35. The Hall–Kier alpha value is -2.35. The highest BCUT2D eigenvalue weighted by Crippen LogP contribution is 2.31. The van der Waals surface area contributed by atoms with Crippen LogP contribution in [0.1, 0.15) is 37.8 Å². The minimum absolute atomic E-state index is 0.124. The molecule has 4 nitrogen and oxygen atoms in total. The van der Waals surface area contributed by atoms with Crippen LogP contribution in [0.25, 0.3) is 0 Å². The lowest BCUT2D eigenvalue weighted by Gasteiger charge is -2.17. The van der Waals surface area contributed by atoms with Crippen LogP contribution in [-0.2, 0) is 15.7 Å². The third kappa shape index (κ3) is 8.65. The third-order valence-electron chi connectivity index (χ3n) is 4.65. The number of thioether (sulfide) groups is 1. The molecule has 0 amide bonds. The van der Waals surface area contributed by atoms with Gasteiger partial charge in [-0.1, -0.05) is 13.3 Å². The van der Waals surface area contributed by atoms with Crippen LogP contribution in [0.5, 0.6) is 11.5 Å². The van der Waals surface area contributed by atoms with Gasteiger partial charge in [0.15, 0.2) is 6.61 Å². The zero-order valence-electron chi connectivity index (χ0n) is 18.5. The van der Waals surface area contributed by atoms with Gasteiger partial charge in [0.2, 0.25) is 0 Å². The van der Waals surface area contributed by atoms with Crippen molar-refractivity contribution in [1.82, 2.24) is 0 Å². The molecule has 0 bridgehead atoms. The maximum atomic E-state index is 12.7. The lowest BCUT2D eigenvalue weighted by molar-refractivity contribution is -0.145. The lowest BCUT2D eigenvalue weighted by atomic mass is 10.1. The van der Waals surface area contributed by atoms with Crippen molar-refractivity contribution in [2.24, 2.45) is 5.92 Å². The molecular formula is C24H29F3O4S. The molecule has 0 saturated heterocycles. The summed E-state index contributed by atoms with van der Waals surface area (Å²) >= 11 is 1.69. The number of carbonyl (C=O) groups is 1. The normalized spacial score (nSPS) is 12.3. The average molecular weight is 471 g/mol. The quantitative estimate of drug-likeness (QED) is 0.260. The van der Waals surface area contributed by atoms with Crippen LogP contribution in [0.3, 0.4) is 0 Å². The molecule has 0 aromatic heterocycles. The summed E-state index contributed by atoms with van der Waals surface area (Å²) in [6, 6.07) is 10.6. The first-order chi connectivity index (χ1) is 15.2. The smallest absolute Gasteiger partial charge is 0.416 e. The SMILES string of the molecule is CCCC(COc1ccc(C(F)(F)F)cc1)CSc1ccc(OCC(=O)OCC)c(C)c1. The van der Waals surface area contributed by atoms with Gasteiger partial charge >= 0.3 is 12.1 Å². The van der Waals surface area contributed by atoms with Crippen molar-refractivity contribution in [2.75, 3.05) is 25.6 Å². The minimum Gasteiger partial charge on any atom is -0.493 e. The van der Waals surface area contributed by atoms with E-state index in [1.165, 1.54) is 12.1 Å². The molecule has 0 N–H and O–H groups in total. The van der Waals surface area contributed by atoms with Crippen molar-refractivity contribution < 1.29 is 32.2 Å². The summed E-state index contributed by atoms with van der Waals surface area (Å²) in [5, 5.41) is 0. The molecule has 2 aromatic carbocycles. The summed E-state index contributed by atoms with van der Waals surface area (Å²) in [7, 11) is 0. The van der Waals surface area contributed by atoms with Crippen LogP contribution in [0.2, 0.25) is 0 Å². The molecule has 0 aliphatic rings. The van der Waals surface area contributed by atoms with E-state index >= 15 is 0 Å². The highest BCUT2D eigenvalue weighted by atomic mass is 32.2. The number of esters is 1. The Morgan fingerprint density at radius 3 is 2.38 bits per heavy atom. The molecule has 0 aliphatic heterocycles. The van der Waals surface area contributed by atoms with Crippen LogP contribution < -0.4 is 9.47 Å². The van der Waals surface area contributed by atoms with Crippen LogP contribution in [0.15, 0.2) is 47.4 Å². The van der Waals surface area contributed by atoms with Gasteiger partial charge < -0.3 is 14.2 Å². The van der Waals surface area contributed by atoms with Crippen molar-refractivity contribution >= 4 is 17.7 Å². The second-order valence-corrected chi connectivity index (χ2v) is 8.41. The van der Waals surface area contributed by atoms with Crippen molar-refractivity contribution in [1.29, 1.82) is 0 Å². The highest BCUT2D eigenvalue weighted by molar-refractivity contribution is 7.99. The molecule has 1 atom stereocenters. The summed E-state index contributed by atoms with van der Waals surface area (Å²) in [5.41, 5.74) is 0.239. The Bertz CT molecular complexity index is 853. The first-order valence-electron chi connectivity index (χ1n) is 10.5. The second-order valence-electron chi connectivity index (χ2n) is 7.32. The van der Waals surface area contributed by atoms with E-state index in [0.29, 0.717) is 24.7 Å². The molecular weight excluding hydrogens is 441 g/mol. The van der Waals surface area contributed by atoms with E-state index in [9.17, 15) is 18.0 Å². The molecule has 0 heterocycles. The topological polar surface area (TPSA) is 44.8 Å². The van der Waals surface area contributed by atoms with Gasteiger partial charge in [-0.05, 0) is 68.3 Å². The van der Waals surface area contributed by atoms with Crippen molar-refractivity contribution in [2.45, 2.75) is 44.7 Å². The zero-order valence-corrected chi connectivity index (χ0v) is 19.4. The van der Waals surface area contributed by atoms with E-state index in [-0.39, 0.29) is 12.5 Å². The Kier molecular flexibility index (Phi) is 10.2. The Morgan fingerprint density at radius 2 is 1.78 bits per heavy atom. The number of ether oxygens (including phenoxy) is 3. The molecule has 8 heteroatoms. The largest absolute Gasteiger partial charge is 0.493 e. The maximum Gasteiger partial charge on any atom is 0.416 e. The number of benzene rings is 2. The van der Waals surface area contributed by atoms with Crippen LogP contribution in [0.4, 0.5) is 13.2 Å². The molecule has 0 spiro atoms. The van der Waals surface area contributed by atoms with Crippen molar-refractivity contribution in [3.8, 4) is 11.5 Å². The van der Waals surface area contributed by atoms with Crippen LogP contribution in [-0.4, -0.2) is 31.5 Å². The van der Waals surface area contributed by atoms with E-state index in [1.54, 1.807) is 18.7 Å². The van der Waals surface area contributed by atoms with E-state index in [4.69, 9.17) is 14.2 Å². The number of carbonyl (C=O) groups excluding carboxylic acids is 1. The zero-order chi connectivity index (χ0) is 23.6. The molecule has 176 valence electrons. The molecule has 32 heavy (non-hydrogen) atoms. The summed E-state index contributed by atoms with van der Waals surface area (Å²) in [6.07, 6.45) is -2.41. The predicted octanol–water partition coefficient (Wildman–Crippen LogP) is 6.54. The van der Waals surface area contributed by atoms with Gasteiger partial charge in [-0.2, -0.15) is 13.2 Å². The number of alkyl halides is 3. The number of hydrogen-bond acceptors (Lipinski definition) is 5.